The SMILES string of the molecule is COC(=O)COc1ccc(S(=O)(=O)NCC(=O)O)cc1. The van der Waals surface area contributed by atoms with Crippen LogP contribution in [0.3, 0.4) is 0 Å². The van der Waals surface area contributed by atoms with Gasteiger partial charge in [0, 0.05) is 0 Å². The van der Waals surface area contributed by atoms with Gasteiger partial charge in [0.15, 0.2) is 6.61 Å². The molecule has 0 heterocycles. The number of ether oxygens (including phenoxy) is 2. The van der Waals surface area contributed by atoms with Crippen LogP contribution < -0.4 is 9.46 Å². The van der Waals surface area contributed by atoms with Gasteiger partial charge in [0.25, 0.3) is 0 Å². The Morgan fingerprint density at radius 2 is 1.85 bits per heavy atom. The highest BCUT2D eigenvalue weighted by molar-refractivity contribution is 7.89. The largest absolute Gasteiger partial charge is 0.482 e. The molecule has 0 aliphatic rings. The maximum absolute atomic E-state index is 11.7. The Kier molecular flexibility index (Phi) is 5.47. The maximum Gasteiger partial charge on any atom is 0.343 e. The molecule has 1 aromatic rings. The molecular weight excluding hydrogens is 290 g/mol. The average molecular weight is 303 g/mol. The van der Waals surface area contributed by atoms with Gasteiger partial charge < -0.3 is 14.6 Å². The van der Waals surface area contributed by atoms with Gasteiger partial charge in [-0.15, -0.1) is 0 Å². The second-order valence-electron chi connectivity index (χ2n) is 3.55. The number of carboxylic acid groups (broad SMARTS) is 1. The lowest BCUT2D eigenvalue weighted by Crippen LogP contribution is -2.29. The van der Waals surface area contributed by atoms with Gasteiger partial charge >= 0.3 is 11.9 Å². The van der Waals surface area contributed by atoms with E-state index >= 15 is 0 Å². The minimum absolute atomic E-state index is 0.107. The molecule has 0 radical (unpaired) electrons. The van der Waals surface area contributed by atoms with E-state index < -0.39 is 28.5 Å². The van der Waals surface area contributed by atoms with Gasteiger partial charge in [-0.3, -0.25) is 4.79 Å². The first kappa shape index (κ1) is 15.9. The van der Waals surface area contributed by atoms with Crippen molar-refractivity contribution in [3.63, 3.8) is 0 Å². The van der Waals surface area contributed by atoms with Crippen molar-refractivity contribution in [1.82, 2.24) is 4.72 Å². The van der Waals surface area contributed by atoms with E-state index in [-0.39, 0.29) is 17.3 Å². The first-order valence-corrected chi connectivity index (χ1v) is 6.84. The summed E-state index contributed by atoms with van der Waals surface area (Å²) in [5.41, 5.74) is 0. The van der Waals surface area contributed by atoms with E-state index in [9.17, 15) is 18.0 Å². The summed E-state index contributed by atoms with van der Waals surface area (Å²) in [5.74, 6) is -1.57. The van der Waals surface area contributed by atoms with Crippen LogP contribution in [0.15, 0.2) is 29.2 Å². The molecule has 0 unspecified atom stereocenters. The van der Waals surface area contributed by atoms with Gasteiger partial charge in [0.05, 0.1) is 12.0 Å². The lowest BCUT2D eigenvalue weighted by atomic mass is 10.3. The van der Waals surface area contributed by atoms with Crippen molar-refractivity contribution in [2.75, 3.05) is 20.3 Å². The summed E-state index contributed by atoms with van der Waals surface area (Å²) in [6.07, 6.45) is 0. The number of rotatable bonds is 7. The molecular formula is C11H13NO7S. The van der Waals surface area contributed by atoms with Crippen molar-refractivity contribution >= 4 is 22.0 Å². The molecule has 0 aromatic heterocycles. The fourth-order valence-electron chi connectivity index (χ4n) is 1.16. The van der Waals surface area contributed by atoms with E-state index in [0.717, 1.165) is 0 Å². The van der Waals surface area contributed by atoms with Crippen LogP contribution in [-0.4, -0.2) is 45.7 Å². The lowest BCUT2D eigenvalue weighted by Gasteiger charge is -2.07. The molecule has 0 aliphatic carbocycles. The van der Waals surface area contributed by atoms with E-state index in [1.54, 1.807) is 0 Å². The first-order valence-electron chi connectivity index (χ1n) is 5.36. The van der Waals surface area contributed by atoms with Crippen molar-refractivity contribution in [2.24, 2.45) is 0 Å². The highest BCUT2D eigenvalue weighted by Crippen LogP contribution is 2.15. The van der Waals surface area contributed by atoms with Gasteiger partial charge in [-0.2, -0.15) is 4.72 Å². The normalized spacial score (nSPS) is 10.8. The number of methoxy groups -OCH3 is 1. The van der Waals surface area contributed by atoms with Gasteiger partial charge in [-0.05, 0) is 24.3 Å². The number of hydrogen-bond donors (Lipinski definition) is 2. The minimum atomic E-state index is -3.89. The first-order chi connectivity index (χ1) is 9.35. The fourth-order valence-corrected chi connectivity index (χ4v) is 2.13. The molecule has 0 spiro atoms. The second kappa shape index (κ2) is 6.87. The van der Waals surface area contributed by atoms with Crippen molar-refractivity contribution in [3.05, 3.63) is 24.3 Å². The summed E-state index contributed by atoms with van der Waals surface area (Å²) in [6.45, 7) is -0.997. The molecule has 1 rings (SSSR count). The summed E-state index contributed by atoms with van der Waals surface area (Å²) >= 11 is 0. The third-order valence-corrected chi connectivity index (χ3v) is 3.55. The van der Waals surface area contributed by atoms with Gasteiger partial charge in [0.2, 0.25) is 10.0 Å². The molecule has 8 nitrogen and oxygen atoms in total. The molecule has 0 aliphatic heterocycles. The van der Waals surface area contributed by atoms with Crippen LogP contribution >= 0.6 is 0 Å². The minimum Gasteiger partial charge on any atom is -0.482 e. The smallest absolute Gasteiger partial charge is 0.343 e. The molecule has 110 valence electrons. The maximum atomic E-state index is 11.7. The Labute approximate surface area is 115 Å². The number of carbonyl (C=O) groups is 2. The molecule has 0 saturated carbocycles. The molecule has 20 heavy (non-hydrogen) atoms. The Morgan fingerprint density at radius 1 is 1.25 bits per heavy atom. The Morgan fingerprint density at radius 3 is 2.35 bits per heavy atom. The number of sulfonamides is 1. The Bertz CT molecular complexity index is 579. The predicted octanol–water partition coefficient (Wildman–Crippen LogP) is -0.399. The number of hydrogen-bond acceptors (Lipinski definition) is 6. The van der Waals surface area contributed by atoms with Crippen molar-refractivity contribution in [3.8, 4) is 5.75 Å². The monoisotopic (exact) mass is 303 g/mol. The molecule has 0 saturated heterocycles. The van der Waals surface area contributed by atoms with Crippen LogP contribution in [-0.2, 0) is 24.3 Å². The number of benzene rings is 1. The van der Waals surface area contributed by atoms with E-state index in [2.05, 4.69) is 4.74 Å². The third kappa shape index (κ3) is 4.86. The zero-order valence-corrected chi connectivity index (χ0v) is 11.3. The number of carboxylic acids is 1. The molecule has 1 aromatic carbocycles. The molecule has 0 bridgehead atoms. The van der Waals surface area contributed by atoms with E-state index in [0.29, 0.717) is 0 Å². The zero-order valence-electron chi connectivity index (χ0n) is 10.5. The summed E-state index contributed by atoms with van der Waals surface area (Å²) in [4.78, 5) is 21.1. The quantitative estimate of drug-likeness (QED) is 0.658. The predicted molar refractivity (Wildman–Crippen MR) is 66.8 cm³/mol. The number of esters is 1. The summed E-state index contributed by atoms with van der Waals surface area (Å²) < 4.78 is 34.7. The summed E-state index contributed by atoms with van der Waals surface area (Å²) in [7, 11) is -2.67. The summed E-state index contributed by atoms with van der Waals surface area (Å²) in [5, 5.41) is 8.42. The Balaban J connectivity index is 2.70. The van der Waals surface area contributed by atoms with E-state index in [1.807, 2.05) is 4.72 Å². The van der Waals surface area contributed by atoms with E-state index in [1.165, 1.54) is 31.4 Å². The van der Waals surface area contributed by atoms with Crippen LogP contribution in [0.4, 0.5) is 0 Å². The van der Waals surface area contributed by atoms with E-state index in [4.69, 9.17) is 9.84 Å². The number of nitrogens with one attached hydrogen (secondary N) is 1. The van der Waals surface area contributed by atoms with Crippen LogP contribution in [0, 0.1) is 0 Å². The molecule has 0 amide bonds. The van der Waals surface area contributed by atoms with Crippen molar-refractivity contribution < 1.29 is 32.6 Å². The third-order valence-electron chi connectivity index (χ3n) is 2.13. The van der Waals surface area contributed by atoms with Gasteiger partial charge in [-0.1, -0.05) is 0 Å². The van der Waals surface area contributed by atoms with Crippen molar-refractivity contribution in [1.29, 1.82) is 0 Å². The molecule has 2 N–H and O–H groups in total. The second-order valence-corrected chi connectivity index (χ2v) is 5.32. The number of carbonyl (C=O) groups excluding carboxylic acids is 1. The zero-order chi connectivity index (χ0) is 15.2. The molecule has 0 atom stereocenters. The highest BCUT2D eigenvalue weighted by atomic mass is 32.2. The average Bonchev–Trinajstić information content (AvgIpc) is 2.43. The standard InChI is InChI=1S/C11H13NO7S/c1-18-11(15)7-19-8-2-4-9(5-3-8)20(16,17)12-6-10(13)14/h2-5,12H,6-7H2,1H3,(H,13,14). The number of aliphatic carboxylic acids is 1. The fraction of sp³-hybridized carbons (Fsp3) is 0.273. The van der Waals surface area contributed by atoms with Crippen LogP contribution in [0.2, 0.25) is 0 Å². The van der Waals surface area contributed by atoms with Crippen LogP contribution in [0.5, 0.6) is 5.75 Å². The van der Waals surface area contributed by atoms with Crippen LogP contribution in [0.25, 0.3) is 0 Å². The topological polar surface area (TPSA) is 119 Å². The van der Waals surface area contributed by atoms with Crippen molar-refractivity contribution in [2.45, 2.75) is 4.90 Å². The molecule has 0 fully saturated rings. The molecule has 9 heteroatoms. The Hall–Kier alpha value is -2.13. The lowest BCUT2D eigenvalue weighted by molar-refractivity contribution is -0.143. The van der Waals surface area contributed by atoms with Gasteiger partial charge in [-0.25, -0.2) is 13.2 Å². The van der Waals surface area contributed by atoms with Gasteiger partial charge in [0.1, 0.15) is 12.3 Å². The van der Waals surface area contributed by atoms with Crippen LogP contribution in [0.1, 0.15) is 0 Å². The summed E-state index contributed by atoms with van der Waals surface area (Å²) in [6, 6.07) is 5.16. The highest BCUT2D eigenvalue weighted by Gasteiger charge is 2.15.